The Morgan fingerprint density at radius 2 is 1.86 bits per heavy atom. The van der Waals surface area contributed by atoms with E-state index in [2.05, 4.69) is 28.0 Å². The van der Waals surface area contributed by atoms with Crippen LogP contribution >= 0.6 is 0 Å². The highest BCUT2D eigenvalue weighted by atomic mass is 32.2. The van der Waals surface area contributed by atoms with Gasteiger partial charge in [-0.05, 0) is 91.8 Å². The van der Waals surface area contributed by atoms with Gasteiger partial charge in [-0.15, -0.1) is 0 Å². The van der Waals surface area contributed by atoms with E-state index in [1.54, 1.807) is 6.08 Å². The van der Waals surface area contributed by atoms with Gasteiger partial charge in [0.1, 0.15) is 0 Å². The van der Waals surface area contributed by atoms with Crippen LogP contribution in [0.25, 0.3) is 11.6 Å². The number of alkyl halides is 3. The minimum atomic E-state index is -4.52. The van der Waals surface area contributed by atoms with Gasteiger partial charge in [-0.3, -0.25) is 9.52 Å². The molecule has 2 heterocycles. The quantitative estimate of drug-likeness (QED) is 0.356. The van der Waals surface area contributed by atoms with E-state index in [0.717, 1.165) is 55.6 Å². The van der Waals surface area contributed by atoms with Crippen molar-refractivity contribution in [3.05, 3.63) is 76.6 Å². The first-order chi connectivity index (χ1) is 17.0. The number of sulfonamides is 1. The predicted molar refractivity (Wildman–Crippen MR) is 132 cm³/mol. The van der Waals surface area contributed by atoms with Gasteiger partial charge in [0.2, 0.25) is 0 Å². The molecule has 5 rings (SSSR count). The summed E-state index contributed by atoms with van der Waals surface area (Å²) in [6.07, 6.45) is 1.45. The number of rotatable bonds is 5. The van der Waals surface area contributed by atoms with Gasteiger partial charge in [-0.25, -0.2) is 8.42 Å². The van der Waals surface area contributed by atoms with Crippen molar-refractivity contribution in [1.82, 2.24) is 4.98 Å². The molecule has 1 atom stereocenters. The molecule has 0 spiro atoms. The molecule has 36 heavy (non-hydrogen) atoms. The number of fused-ring (bicyclic) bond motifs is 2. The van der Waals surface area contributed by atoms with Crippen molar-refractivity contribution in [1.29, 1.82) is 0 Å². The number of H-pyrrole nitrogens is 1. The molecule has 1 aliphatic carbocycles. The Bertz CT molecular complexity index is 1470. The summed E-state index contributed by atoms with van der Waals surface area (Å²) in [5, 5.41) is 2.76. The largest absolute Gasteiger partial charge is 0.416 e. The summed E-state index contributed by atoms with van der Waals surface area (Å²) in [7, 11) is -4.12. The first-order valence-corrected chi connectivity index (χ1v) is 13.1. The molecule has 0 saturated carbocycles. The van der Waals surface area contributed by atoms with Gasteiger partial charge in [-0.2, -0.15) is 13.2 Å². The molecular weight excluding hydrogens is 491 g/mol. The molecule has 1 aromatic heterocycles. The Hall–Kier alpha value is -3.53. The van der Waals surface area contributed by atoms with E-state index >= 15 is 0 Å². The molecule has 3 N–H and O–H groups in total. The molecule has 2 aromatic carbocycles. The van der Waals surface area contributed by atoms with Crippen LogP contribution in [0.3, 0.4) is 0 Å². The second kappa shape index (κ2) is 8.85. The summed E-state index contributed by atoms with van der Waals surface area (Å²) < 4.78 is 66.6. The number of nitrogens with one attached hydrogen (secondary N) is 3. The molecular formula is C26H24F3N3O3S. The molecule has 188 valence electrons. The molecule has 0 fully saturated rings. The highest BCUT2D eigenvalue weighted by Gasteiger charge is 2.31. The number of carbonyl (C=O) groups is 1. The fourth-order valence-electron chi connectivity index (χ4n) is 4.87. The maximum Gasteiger partial charge on any atom is 0.416 e. The van der Waals surface area contributed by atoms with E-state index < -0.39 is 21.8 Å². The van der Waals surface area contributed by atoms with Gasteiger partial charge < -0.3 is 10.3 Å². The average Bonchev–Trinajstić information content (AvgIpc) is 3.38. The van der Waals surface area contributed by atoms with Crippen LogP contribution in [0.5, 0.6) is 0 Å². The number of amides is 1. The third kappa shape index (κ3) is 4.53. The van der Waals surface area contributed by atoms with Crippen LogP contribution in [0.4, 0.5) is 24.5 Å². The van der Waals surface area contributed by atoms with Crippen LogP contribution in [0, 0.1) is 0 Å². The van der Waals surface area contributed by atoms with Crippen molar-refractivity contribution < 1.29 is 26.4 Å². The molecule has 0 saturated heterocycles. The highest BCUT2D eigenvalue weighted by molar-refractivity contribution is 7.92. The molecule has 1 amide bonds. The molecule has 1 unspecified atom stereocenters. The van der Waals surface area contributed by atoms with E-state index in [9.17, 15) is 26.4 Å². The van der Waals surface area contributed by atoms with Gasteiger partial charge in [0.05, 0.1) is 16.0 Å². The Morgan fingerprint density at radius 3 is 2.56 bits per heavy atom. The smallest absolute Gasteiger partial charge is 0.359 e. The maximum atomic E-state index is 13.0. The number of aromatic amines is 1. The first-order valence-electron chi connectivity index (χ1n) is 11.6. The summed E-state index contributed by atoms with van der Waals surface area (Å²) in [5.74, 6) is 0.143. The number of halogens is 3. The van der Waals surface area contributed by atoms with Crippen molar-refractivity contribution in [2.75, 3.05) is 10.0 Å². The summed E-state index contributed by atoms with van der Waals surface area (Å²) in [4.78, 5) is 16.0. The summed E-state index contributed by atoms with van der Waals surface area (Å²) in [6, 6.07) is 10.0. The minimum Gasteiger partial charge on any atom is -0.359 e. The Morgan fingerprint density at radius 1 is 1.11 bits per heavy atom. The number of hydrogen-bond acceptors (Lipinski definition) is 3. The zero-order valence-electron chi connectivity index (χ0n) is 19.4. The van der Waals surface area contributed by atoms with Gasteiger partial charge in [0, 0.05) is 28.3 Å². The number of aryl methyl sites for hydroxylation is 1. The third-order valence-corrected chi connectivity index (χ3v) is 8.09. The van der Waals surface area contributed by atoms with Gasteiger partial charge in [-0.1, -0.05) is 6.92 Å². The standard InChI is InChI=1S/C26H24F3N3O3S/c1-2-15-4-3-5-23-20(15)12-18(30-23)13-22-21-14-19(10-11-24(21)31-25(22)33)36(34,35)32-17-8-6-16(7-9-17)26(27,28)29/h6-15,30,32H,2-5H2,1H3,(H,31,33). The van der Waals surface area contributed by atoms with Gasteiger partial charge in [0.25, 0.3) is 15.9 Å². The van der Waals surface area contributed by atoms with E-state index in [4.69, 9.17) is 0 Å². The first kappa shape index (κ1) is 24.2. The van der Waals surface area contributed by atoms with Crippen molar-refractivity contribution in [3.8, 4) is 0 Å². The summed E-state index contributed by atoms with van der Waals surface area (Å²) in [6.45, 7) is 2.16. The van der Waals surface area contributed by atoms with Gasteiger partial charge in [0.15, 0.2) is 0 Å². The van der Waals surface area contributed by atoms with Crippen LogP contribution in [0.15, 0.2) is 53.4 Å². The zero-order valence-corrected chi connectivity index (χ0v) is 20.2. The number of aromatic nitrogens is 1. The Labute approximate surface area is 206 Å². The number of carbonyl (C=O) groups excluding carboxylic acids is 1. The van der Waals surface area contributed by atoms with Crippen molar-refractivity contribution in [2.45, 2.75) is 49.6 Å². The fraction of sp³-hybridized carbons (Fsp3) is 0.269. The van der Waals surface area contributed by atoms with Crippen LogP contribution in [-0.4, -0.2) is 19.3 Å². The lowest BCUT2D eigenvalue weighted by atomic mass is 9.85. The van der Waals surface area contributed by atoms with Crippen LogP contribution < -0.4 is 10.0 Å². The summed E-state index contributed by atoms with van der Waals surface area (Å²) in [5.41, 5.74) is 3.62. The van der Waals surface area contributed by atoms with E-state index in [-0.39, 0.29) is 16.5 Å². The number of anilines is 2. The highest BCUT2D eigenvalue weighted by Crippen LogP contribution is 2.38. The number of hydrogen-bond donors (Lipinski definition) is 3. The third-order valence-electron chi connectivity index (χ3n) is 6.72. The Kier molecular flexibility index (Phi) is 5.94. The van der Waals surface area contributed by atoms with Crippen LogP contribution in [0.1, 0.15) is 60.2 Å². The maximum absolute atomic E-state index is 13.0. The molecule has 3 aromatic rings. The molecule has 2 aliphatic rings. The normalized spacial score (nSPS) is 18.6. The van der Waals surface area contributed by atoms with E-state index in [1.165, 1.54) is 29.5 Å². The van der Waals surface area contributed by atoms with Crippen molar-refractivity contribution >= 4 is 39.0 Å². The lowest BCUT2D eigenvalue weighted by Gasteiger charge is -2.20. The molecule has 6 nitrogen and oxygen atoms in total. The van der Waals surface area contributed by atoms with Crippen LogP contribution in [0.2, 0.25) is 0 Å². The van der Waals surface area contributed by atoms with E-state index in [1.807, 2.05) is 0 Å². The van der Waals surface area contributed by atoms with Crippen molar-refractivity contribution in [2.24, 2.45) is 0 Å². The molecule has 10 heteroatoms. The van der Waals surface area contributed by atoms with Crippen molar-refractivity contribution in [3.63, 3.8) is 0 Å². The lowest BCUT2D eigenvalue weighted by Crippen LogP contribution is -2.13. The van der Waals surface area contributed by atoms with E-state index in [0.29, 0.717) is 22.7 Å². The van der Waals surface area contributed by atoms with Gasteiger partial charge >= 0.3 is 6.18 Å². The SMILES string of the molecule is CCC1CCCc2[nH]c(C=C3C(=O)Nc4ccc(S(=O)(=O)Nc5ccc(C(F)(F)F)cc5)cc43)cc21. The average molecular weight is 516 g/mol. The molecule has 1 aliphatic heterocycles. The summed E-state index contributed by atoms with van der Waals surface area (Å²) >= 11 is 0. The minimum absolute atomic E-state index is 0.00379. The Balaban J connectivity index is 1.45. The fourth-order valence-corrected chi connectivity index (χ4v) is 5.95. The second-order valence-electron chi connectivity index (χ2n) is 9.06. The number of benzene rings is 2. The van der Waals surface area contributed by atoms with Crippen LogP contribution in [-0.2, 0) is 27.4 Å². The second-order valence-corrected chi connectivity index (χ2v) is 10.7. The monoisotopic (exact) mass is 515 g/mol. The lowest BCUT2D eigenvalue weighted by molar-refractivity contribution is -0.137. The molecule has 0 radical (unpaired) electrons. The predicted octanol–water partition coefficient (Wildman–Crippen LogP) is 6.16. The topological polar surface area (TPSA) is 91.1 Å². The zero-order chi connectivity index (χ0) is 25.7. The molecule has 0 bridgehead atoms.